The molecule has 8 nitrogen and oxygen atoms in total. The Labute approximate surface area is 218 Å². The number of aryl methyl sites for hydroxylation is 1. The molecule has 2 aromatic heterocycles. The van der Waals surface area contributed by atoms with Gasteiger partial charge in [0, 0.05) is 48.5 Å². The minimum Gasteiger partial charge on any atom is -0.444 e. The maximum absolute atomic E-state index is 13.0. The molecule has 1 amide bonds. The Bertz CT molecular complexity index is 1320. The Morgan fingerprint density at radius 2 is 1.79 bits per heavy atom. The standard InChI is InChI=1S/C27H30F3N5O3/c1-17-11-18(14-21(12-17)33-23-32-8-5-22(34-23)27(28,29)30)19-13-20(16-31-15-19)26(37)6-9-35(10-7-26)24(36)38-25(2,3)4/h5,8,11-16,37H,6-7,9-10H2,1-4H3,(H,32,33,34). The molecule has 202 valence electrons. The van der Waals surface area contributed by atoms with E-state index < -0.39 is 29.2 Å². The van der Waals surface area contributed by atoms with Gasteiger partial charge < -0.3 is 20.1 Å². The number of halogens is 3. The molecule has 1 fully saturated rings. The molecule has 0 spiro atoms. The molecule has 11 heteroatoms. The van der Waals surface area contributed by atoms with Crippen molar-refractivity contribution >= 4 is 17.7 Å². The number of nitrogens with one attached hydrogen (secondary N) is 1. The average molecular weight is 530 g/mol. The van der Waals surface area contributed by atoms with Crippen molar-refractivity contribution in [2.75, 3.05) is 18.4 Å². The van der Waals surface area contributed by atoms with E-state index in [4.69, 9.17) is 4.74 Å². The molecule has 1 saturated heterocycles. The number of hydrogen-bond acceptors (Lipinski definition) is 7. The average Bonchev–Trinajstić information content (AvgIpc) is 2.83. The van der Waals surface area contributed by atoms with Gasteiger partial charge in [0.1, 0.15) is 11.3 Å². The first-order chi connectivity index (χ1) is 17.7. The fraction of sp³-hybridized carbons (Fsp3) is 0.407. The first-order valence-corrected chi connectivity index (χ1v) is 12.2. The van der Waals surface area contributed by atoms with Crippen LogP contribution in [-0.2, 0) is 16.5 Å². The summed E-state index contributed by atoms with van der Waals surface area (Å²) in [5.41, 5.74) is 0.657. The highest BCUT2D eigenvalue weighted by Gasteiger charge is 2.37. The lowest BCUT2D eigenvalue weighted by molar-refractivity contribution is -0.141. The minimum atomic E-state index is -4.58. The Morgan fingerprint density at radius 1 is 1.08 bits per heavy atom. The molecule has 0 radical (unpaired) electrons. The SMILES string of the molecule is Cc1cc(Nc2nccc(C(F)(F)F)n2)cc(-c2cncc(C3(O)CCN(C(=O)OC(C)(C)C)CC3)c2)c1. The number of rotatable bonds is 4. The fourth-order valence-electron chi connectivity index (χ4n) is 4.25. The number of benzene rings is 1. The number of piperidine rings is 1. The van der Waals surface area contributed by atoms with Crippen LogP contribution in [0, 0.1) is 6.92 Å². The van der Waals surface area contributed by atoms with Gasteiger partial charge in [-0.1, -0.05) is 6.07 Å². The lowest BCUT2D eigenvalue weighted by Gasteiger charge is -2.38. The molecule has 0 unspecified atom stereocenters. The topological polar surface area (TPSA) is 100 Å². The zero-order valence-corrected chi connectivity index (χ0v) is 21.6. The van der Waals surface area contributed by atoms with Gasteiger partial charge in [0.05, 0.1) is 5.60 Å². The number of hydrogen-bond donors (Lipinski definition) is 2. The van der Waals surface area contributed by atoms with Crippen LogP contribution in [0.3, 0.4) is 0 Å². The molecule has 0 saturated carbocycles. The maximum atomic E-state index is 13.0. The minimum absolute atomic E-state index is 0.172. The van der Waals surface area contributed by atoms with Crippen LogP contribution in [0.15, 0.2) is 48.9 Å². The Kier molecular flexibility index (Phi) is 7.33. The van der Waals surface area contributed by atoms with E-state index in [0.29, 0.717) is 37.2 Å². The van der Waals surface area contributed by atoms with Gasteiger partial charge in [0.2, 0.25) is 5.95 Å². The number of anilines is 2. The summed E-state index contributed by atoms with van der Waals surface area (Å²) in [6, 6.07) is 8.09. The molecule has 4 rings (SSSR count). The lowest BCUT2D eigenvalue weighted by atomic mass is 9.84. The van der Waals surface area contributed by atoms with E-state index in [9.17, 15) is 23.1 Å². The molecule has 1 aromatic carbocycles. The van der Waals surface area contributed by atoms with Gasteiger partial charge in [-0.05, 0) is 75.9 Å². The van der Waals surface area contributed by atoms with E-state index in [0.717, 1.165) is 29.0 Å². The number of aliphatic hydroxyl groups is 1. The molecule has 3 heterocycles. The van der Waals surface area contributed by atoms with Crippen molar-refractivity contribution in [2.24, 2.45) is 0 Å². The normalized spacial score (nSPS) is 15.7. The Balaban J connectivity index is 1.53. The molecule has 0 atom stereocenters. The highest BCUT2D eigenvalue weighted by molar-refractivity contribution is 5.71. The van der Waals surface area contributed by atoms with E-state index in [-0.39, 0.29) is 5.95 Å². The van der Waals surface area contributed by atoms with Gasteiger partial charge in [0.25, 0.3) is 0 Å². The van der Waals surface area contributed by atoms with Crippen molar-refractivity contribution in [3.63, 3.8) is 0 Å². The molecule has 1 aliphatic heterocycles. The quantitative estimate of drug-likeness (QED) is 0.439. The third-order valence-electron chi connectivity index (χ3n) is 6.13. The molecule has 0 aliphatic carbocycles. The van der Waals surface area contributed by atoms with Crippen LogP contribution < -0.4 is 5.32 Å². The van der Waals surface area contributed by atoms with Gasteiger partial charge in [0.15, 0.2) is 0 Å². The summed E-state index contributed by atoms with van der Waals surface area (Å²) in [5.74, 6) is -0.172. The summed E-state index contributed by atoms with van der Waals surface area (Å²) >= 11 is 0. The van der Waals surface area contributed by atoms with Crippen LogP contribution in [0.2, 0.25) is 0 Å². The number of likely N-dealkylation sites (tertiary alicyclic amines) is 1. The van der Waals surface area contributed by atoms with Crippen LogP contribution in [0.4, 0.5) is 29.6 Å². The highest BCUT2D eigenvalue weighted by atomic mass is 19.4. The number of aromatic nitrogens is 3. The smallest absolute Gasteiger partial charge is 0.433 e. The van der Waals surface area contributed by atoms with Crippen molar-refractivity contribution in [2.45, 2.75) is 57.9 Å². The van der Waals surface area contributed by atoms with Crippen LogP contribution in [-0.4, -0.2) is 49.7 Å². The van der Waals surface area contributed by atoms with Gasteiger partial charge in [-0.15, -0.1) is 0 Å². The summed E-state index contributed by atoms with van der Waals surface area (Å²) in [6.07, 6.45) is -0.0182. The number of amides is 1. The predicted octanol–water partition coefficient (Wildman–Crippen LogP) is 5.83. The first-order valence-electron chi connectivity index (χ1n) is 12.2. The fourth-order valence-corrected chi connectivity index (χ4v) is 4.25. The highest BCUT2D eigenvalue weighted by Crippen LogP contribution is 2.36. The van der Waals surface area contributed by atoms with Crippen LogP contribution in [0.5, 0.6) is 0 Å². The van der Waals surface area contributed by atoms with Gasteiger partial charge in [-0.3, -0.25) is 4.98 Å². The van der Waals surface area contributed by atoms with E-state index in [2.05, 4.69) is 20.3 Å². The van der Waals surface area contributed by atoms with Crippen molar-refractivity contribution in [3.8, 4) is 11.1 Å². The van der Waals surface area contributed by atoms with Crippen LogP contribution in [0.25, 0.3) is 11.1 Å². The lowest BCUT2D eigenvalue weighted by Crippen LogP contribution is -2.46. The first kappa shape index (κ1) is 27.3. The van der Waals surface area contributed by atoms with E-state index in [1.807, 2.05) is 19.1 Å². The molecular weight excluding hydrogens is 499 g/mol. The number of alkyl halides is 3. The Morgan fingerprint density at radius 3 is 2.45 bits per heavy atom. The van der Waals surface area contributed by atoms with E-state index in [1.165, 1.54) is 0 Å². The second kappa shape index (κ2) is 10.2. The van der Waals surface area contributed by atoms with Crippen molar-refractivity contribution < 1.29 is 27.8 Å². The molecule has 1 aliphatic rings. The Hall–Kier alpha value is -3.73. The van der Waals surface area contributed by atoms with Gasteiger partial charge in [-0.2, -0.15) is 13.2 Å². The van der Waals surface area contributed by atoms with Crippen molar-refractivity contribution in [1.82, 2.24) is 19.9 Å². The largest absolute Gasteiger partial charge is 0.444 e. The number of nitrogens with zero attached hydrogens (tertiary/aromatic N) is 4. The van der Waals surface area contributed by atoms with Gasteiger partial charge in [-0.25, -0.2) is 14.8 Å². The molecular formula is C27H30F3N5O3. The number of carbonyl (C=O) groups excluding carboxylic acids is 1. The summed E-state index contributed by atoms with van der Waals surface area (Å²) in [5, 5.41) is 14.2. The third-order valence-corrected chi connectivity index (χ3v) is 6.13. The number of ether oxygens (including phenoxy) is 1. The predicted molar refractivity (Wildman–Crippen MR) is 136 cm³/mol. The van der Waals surface area contributed by atoms with Crippen molar-refractivity contribution in [3.05, 3.63) is 65.7 Å². The second-order valence-electron chi connectivity index (χ2n) is 10.4. The zero-order chi connectivity index (χ0) is 27.7. The summed E-state index contributed by atoms with van der Waals surface area (Å²) in [4.78, 5) is 25.8. The molecule has 2 N–H and O–H groups in total. The van der Waals surface area contributed by atoms with E-state index >= 15 is 0 Å². The summed E-state index contributed by atoms with van der Waals surface area (Å²) in [6.45, 7) is 7.96. The monoisotopic (exact) mass is 529 g/mol. The zero-order valence-electron chi connectivity index (χ0n) is 21.6. The van der Waals surface area contributed by atoms with Crippen molar-refractivity contribution in [1.29, 1.82) is 0 Å². The molecule has 38 heavy (non-hydrogen) atoms. The maximum Gasteiger partial charge on any atom is 0.433 e. The van der Waals surface area contributed by atoms with Crippen LogP contribution >= 0.6 is 0 Å². The van der Waals surface area contributed by atoms with Gasteiger partial charge >= 0.3 is 12.3 Å². The molecule has 0 bridgehead atoms. The second-order valence-corrected chi connectivity index (χ2v) is 10.4. The van der Waals surface area contributed by atoms with Crippen LogP contribution in [0.1, 0.15) is 50.4 Å². The van der Waals surface area contributed by atoms with E-state index in [1.54, 1.807) is 50.2 Å². The summed E-state index contributed by atoms with van der Waals surface area (Å²) < 4.78 is 44.5. The summed E-state index contributed by atoms with van der Waals surface area (Å²) in [7, 11) is 0. The molecule has 3 aromatic rings. The number of carbonyl (C=O) groups is 1. The number of pyridine rings is 1. The third kappa shape index (κ3) is 6.58.